The third-order valence-electron chi connectivity index (χ3n) is 7.07. The molecule has 0 aromatic heterocycles. The standard InChI is InChI=1S/C33H33NO4/c35-32(36)12-2-1-7-21-38-31-11-6-5-10-29(31)23-34(30-19-20-30)33(37)26-16-13-25(14-17-26)28-18-15-24-8-3-4-9-27(24)22-28/h3-6,8-11,13-18,22,30H,1-2,7,12,19-21,23H2,(H,35,36). The lowest BCUT2D eigenvalue weighted by Crippen LogP contribution is -2.32. The minimum atomic E-state index is -0.760. The highest BCUT2D eigenvalue weighted by Crippen LogP contribution is 2.32. The van der Waals surface area contributed by atoms with Crippen LogP contribution in [0.3, 0.4) is 0 Å². The summed E-state index contributed by atoms with van der Waals surface area (Å²) in [7, 11) is 0. The maximum absolute atomic E-state index is 13.6. The van der Waals surface area contributed by atoms with E-state index in [1.807, 2.05) is 65.6 Å². The van der Waals surface area contributed by atoms with Gasteiger partial charge in [0.15, 0.2) is 0 Å². The number of unbranched alkanes of at least 4 members (excludes halogenated alkanes) is 2. The molecule has 0 unspecified atom stereocenters. The lowest BCUT2D eigenvalue weighted by atomic mass is 10.00. The fourth-order valence-corrected chi connectivity index (χ4v) is 4.79. The Morgan fingerprint density at radius 2 is 1.50 bits per heavy atom. The average Bonchev–Trinajstić information content (AvgIpc) is 3.79. The Morgan fingerprint density at radius 1 is 0.789 bits per heavy atom. The molecule has 5 nitrogen and oxygen atoms in total. The van der Waals surface area contributed by atoms with E-state index >= 15 is 0 Å². The highest BCUT2D eigenvalue weighted by Gasteiger charge is 2.33. The summed E-state index contributed by atoms with van der Waals surface area (Å²) in [4.78, 5) is 26.2. The summed E-state index contributed by atoms with van der Waals surface area (Å²) in [6.07, 6.45) is 4.51. The summed E-state index contributed by atoms with van der Waals surface area (Å²) >= 11 is 0. The van der Waals surface area contributed by atoms with Crippen LogP contribution in [0.2, 0.25) is 0 Å². The maximum Gasteiger partial charge on any atom is 0.303 e. The van der Waals surface area contributed by atoms with E-state index in [-0.39, 0.29) is 18.4 Å². The number of aliphatic carboxylic acids is 1. The summed E-state index contributed by atoms with van der Waals surface area (Å²) in [5.74, 6) is 0.0706. The van der Waals surface area contributed by atoms with Gasteiger partial charge in [-0.2, -0.15) is 0 Å². The first-order valence-electron chi connectivity index (χ1n) is 13.4. The Balaban J connectivity index is 1.25. The van der Waals surface area contributed by atoms with Crippen LogP contribution in [0.4, 0.5) is 0 Å². The quantitative estimate of drug-likeness (QED) is 0.204. The normalized spacial score (nSPS) is 12.8. The van der Waals surface area contributed by atoms with Gasteiger partial charge in [0.05, 0.1) is 6.61 Å². The fourth-order valence-electron chi connectivity index (χ4n) is 4.79. The molecule has 1 N–H and O–H groups in total. The number of rotatable bonds is 12. The van der Waals surface area contributed by atoms with Crippen molar-refractivity contribution in [3.63, 3.8) is 0 Å². The third-order valence-corrected chi connectivity index (χ3v) is 7.07. The number of hydrogen-bond acceptors (Lipinski definition) is 3. The molecule has 1 aliphatic rings. The summed E-state index contributed by atoms with van der Waals surface area (Å²) in [6, 6.07) is 30.8. The van der Waals surface area contributed by atoms with E-state index < -0.39 is 5.97 Å². The van der Waals surface area contributed by atoms with Gasteiger partial charge in [-0.25, -0.2) is 0 Å². The first-order chi connectivity index (χ1) is 18.6. The molecule has 5 heteroatoms. The molecule has 5 rings (SSSR count). The van der Waals surface area contributed by atoms with Crippen LogP contribution in [-0.2, 0) is 11.3 Å². The number of carbonyl (C=O) groups is 2. The molecule has 0 atom stereocenters. The Bertz CT molecular complexity index is 1410. The van der Waals surface area contributed by atoms with Crippen molar-refractivity contribution >= 4 is 22.6 Å². The number of hydrogen-bond donors (Lipinski definition) is 1. The topological polar surface area (TPSA) is 66.8 Å². The second-order valence-corrected chi connectivity index (χ2v) is 9.96. The number of carbonyl (C=O) groups excluding carboxylic acids is 1. The summed E-state index contributed by atoms with van der Waals surface area (Å²) < 4.78 is 6.04. The third kappa shape index (κ3) is 6.41. The van der Waals surface area contributed by atoms with Crippen molar-refractivity contribution in [1.82, 2.24) is 4.90 Å². The number of nitrogens with zero attached hydrogens (tertiary/aromatic N) is 1. The van der Waals surface area contributed by atoms with Crippen molar-refractivity contribution < 1.29 is 19.4 Å². The zero-order valence-electron chi connectivity index (χ0n) is 21.5. The van der Waals surface area contributed by atoms with Crippen LogP contribution in [0.5, 0.6) is 5.75 Å². The predicted octanol–water partition coefficient (Wildman–Crippen LogP) is 7.34. The molecule has 0 spiro atoms. The second kappa shape index (κ2) is 12.0. The number of para-hydroxylation sites is 1. The minimum Gasteiger partial charge on any atom is -0.493 e. The molecular weight excluding hydrogens is 474 g/mol. The van der Waals surface area contributed by atoms with Crippen LogP contribution in [0.25, 0.3) is 21.9 Å². The number of ether oxygens (including phenoxy) is 1. The smallest absolute Gasteiger partial charge is 0.303 e. The zero-order chi connectivity index (χ0) is 26.3. The Kier molecular flexibility index (Phi) is 8.03. The van der Waals surface area contributed by atoms with Crippen molar-refractivity contribution in [2.24, 2.45) is 0 Å². The molecule has 0 radical (unpaired) electrons. The average molecular weight is 508 g/mol. The number of carboxylic acid groups (broad SMARTS) is 1. The van der Waals surface area contributed by atoms with E-state index in [2.05, 4.69) is 30.3 Å². The predicted molar refractivity (Wildman–Crippen MR) is 150 cm³/mol. The van der Waals surface area contributed by atoms with Gasteiger partial charge in [-0.1, -0.05) is 66.7 Å². The summed E-state index contributed by atoms with van der Waals surface area (Å²) in [5.41, 5.74) is 3.91. The van der Waals surface area contributed by atoms with E-state index in [1.54, 1.807) is 0 Å². The molecule has 194 valence electrons. The lowest BCUT2D eigenvalue weighted by Gasteiger charge is -2.24. The molecule has 1 aliphatic carbocycles. The molecule has 0 heterocycles. The van der Waals surface area contributed by atoms with Gasteiger partial charge in [-0.05, 0) is 78.3 Å². The van der Waals surface area contributed by atoms with E-state index in [0.717, 1.165) is 48.1 Å². The summed E-state index contributed by atoms with van der Waals surface area (Å²) in [6.45, 7) is 1.04. The van der Waals surface area contributed by atoms with Crippen LogP contribution < -0.4 is 4.74 Å². The first-order valence-corrected chi connectivity index (χ1v) is 13.4. The van der Waals surface area contributed by atoms with Crippen LogP contribution in [-0.4, -0.2) is 34.5 Å². The number of amides is 1. The van der Waals surface area contributed by atoms with E-state index in [4.69, 9.17) is 9.84 Å². The van der Waals surface area contributed by atoms with Gasteiger partial charge in [0, 0.05) is 30.1 Å². The highest BCUT2D eigenvalue weighted by atomic mass is 16.5. The van der Waals surface area contributed by atoms with E-state index in [0.29, 0.717) is 25.1 Å². The summed E-state index contributed by atoms with van der Waals surface area (Å²) in [5, 5.41) is 11.2. The minimum absolute atomic E-state index is 0.0426. The molecule has 1 saturated carbocycles. The van der Waals surface area contributed by atoms with Crippen molar-refractivity contribution in [1.29, 1.82) is 0 Å². The van der Waals surface area contributed by atoms with Gasteiger partial charge in [0.1, 0.15) is 5.75 Å². The SMILES string of the molecule is O=C(O)CCCCCOc1ccccc1CN(C(=O)c1ccc(-c2ccc3ccccc3c2)cc1)C1CC1. The van der Waals surface area contributed by atoms with Gasteiger partial charge in [0.25, 0.3) is 5.91 Å². The van der Waals surface area contributed by atoms with Crippen LogP contribution in [0, 0.1) is 0 Å². The molecule has 0 saturated heterocycles. The molecule has 0 aliphatic heterocycles. The molecule has 1 fully saturated rings. The van der Waals surface area contributed by atoms with Crippen LogP contribution in [0.1, 0.15) is 54.4 Å². The van der Waals surface area contributed by atoms with Crippen molar-refractivity contribution in [3.05, 3.63) is 102 Å². The van der Waals surface area contributed by atoms with Gasteiger partial charge in [0.2, 0.25) is 0 Å². The largest absolute Gasteiger partial charge is 0.493 e. The Hall–Kier alpha value is -4.12. The fraction of sp³-hybridized carbons (Fsp3) is 0.273. The second-order valence-electron chi connectivity index (χ2n) is 9.96. The van der Waals surface area contributed by atoms with Crippen LogP contribution >= 0.6 is 0 Å². The lowest BCUT2D eigenvalue weighted by molar-refractivity contribution is -0.137. The molecule has 4 aromatic rings. The number of fused-ring (bicyclic) bond motifs is 1. The van der Waals surface area contributed by atoms with Gasteiger partial charge < -0.3 is 14.7 Å². The Morgan fingerprint density at radius 3 is 2.26 bits per heavy atom. The molecular formula is C33H33NO4. The molecule has 1 amide bonds. The highest BCUT2D eigenvalue weighted by molar-refractivity contribution is 5.95. The number of carboxylic acids is 1. The molecule has 38 heavy (non-hydrogen) atoms. The van der Waals surface area contributed by atoms with Gasteiger partial charge in [-0.3, -0.25) is 9.59 Å². The number of benzene rings is 4. The van der Waals surface area contributed by atoms with Crippen LogP contribution in [0.15, 0.2) is 91.0 Å². The van der Waals surface area contributed by atoms with Gasteiger partial charge in [-0.15, -0.1) is 0 Å². The van der Waals surface area contributed by atoms with Crippen molar-refractivity contribution in [2.45, 2.75) is 51.1 Å². The zero-order valence-corrected chi connectivity index (χ0v) is 21.5. The van der Waals surface area contributed by atoms with Crippen molar-refractivity contribution in [3.8, 4) is 16.9 Å². The first kappa shape index (κ1) is 25.5. The molecule has 4 aromatic carbocycles. The maximum atomic E-state index is 13.6. The Labute approximate surface area is 223 Å². The monoisotopic (exact) mass is 507 g/mol. The van der Waals surface area contributed by atoms with E-state index in [9.17, 15) is 9.59 Å². The van der Waals surface area contributed by atoms with Crippen molar-refractivity contribution in [2.75, 3.05) is 6.61 Å². The van der Waals surface area contributed by atoms with Gasteiger partial charge >= 0.3 is 5.97 Å². The molecule has 0 bridgehead atoms. The van der Waals surface area contributed by atoms with E-state index in [1.165, 1.54) is 10.8 Å².